The van der Waals surface area contributed by atoms with Crippen LogP contribution in [-0.2, 0) is 6.42 Å². The van der Waals surface area contributed by atoms with Crippen LogP contribution in [0, 0.1) is 3.57 Å². The Morgan fingerprint density at radius 2 is 2.40 bits per heavy atom. The number of aryl methyl sites for hydroxylation is 1. The van der Waals surface area contributed by atoms with Crippen LogP contribution in [0.2, 0.25) is 0 Å². The van der Waals surface area contributed by atoms with Crippen LogP contribution in [0.3, 0.4) is 0 Å². The summed E-state index contributed by atoms with van der Waals surface area (Å²) >= 11 is 4.24. The zero-order chi connectivity index (χ0) is 7.40. The predicted octanol–water partition coefficient (Wildman–Crippen LogP) is 3.70. The Morgan fingerprint density at radius 1 is 1.60 bits per heavy atom. The molecule has 0 aliphatic heterocycles. The molecule has 0 fully saturated rings. The maximum Gasteiger partial charge on any atom is 0.0240 e. The number of hydrogen-bond donors (Lipinski definition) is 0. The minimum atomic E-state index is 1.27. The van der Waals surface area contributed by atoms with E-state index in [0.29, 0.717) is 0 Å². The molecule has 2 heteroatoms. The first-order valence-corrected chi connectivity index (χ1v) is 5.51. The van der Waals surface area contributed by atoms with Gasteiger partial charge in [0.15, 0.2) is 0 Å². The van der Waals surface area contributed by atoms with Gasteiger partial charge in [-0.05, 0) is 41.5 Å². The molecule has 0 N–H and O–H groups in total. The lowest BCUT2D eigenvalue weighted by Crippen LogP contribution is -1.76. The molecule has 56 valence electrons. The smallest absolute Gasteiger partial charge is 0.0240 e. The highest BCUT2D eigenvalue weighted by Gasteiger charge is 1.94. The lowest BCUT2D eigenvalue weighted by molar-refractivity contribution is 0.804. The molecule has 1 rings (SSSR count). The van der Waals surface area contributed by atoms with Crippen molar-refractivity contribution < 1.29 is 0 Å². The van der Waals surface area contributed by atoms with Crippen molar-refractivity contribution in [1.82, 2.24) is 0 Å². The first-order chi connectivity index (χ1) is 4.83. The second kappa shape index (κ2) is 4.34. The fraction of sp³-hybridized carbons (Fsp3) is 0.500. The summed E-state index contributed by atoms with van der Waals surface area (Å²) in [7, 11) is 0. The van der Waals surface area contributed by atoms with Crippen LogP contribution in [0.15, 0.2) is 11.4 Å². The largest absolute Gasteiger partial charge is 0.148 e. The zero-order valence-electron chi connectivity index (χ0n) is 6.06. The summed E-state index contributed by atoms with van der Waals surface area (Å²) in [6.45, 7) is 2.23. The Hall–Kier alpha value is 0.430. The number of rotatable bonds is 3. The molecule has 0 saturated carbocycles. The summed E-state index contributed by atoms with van der Waals surface area (Å²) in [5.41, 5.74) is 0. The second-order valence-electron chi connectivity index (χ2n) is 2.33. The van der Waals surface area contributed by atoms with Crippen LogP contribution in [0.1, 0.15) is 24.6 Å². The van der Waals surface area contributed by atoms with Gasteiger partial charge in [0.1, 0.15) is 0 Å². The molecule has 0 radical (unpaired) electrons. The molecular weight excluding hydrogens is 255 g/mol. The van der Waals surface area contributed by atoms with E-state index in [2.05, 4.69) is 41.0 Å². The van der Waals surface area contributed by atoms with E-state index < -0.39 is 0 Å². The molecule has 1 heterocycles. The third-order valence-corrected chi connectivity index (χ3v) is 3.44. The highest BCUT2D eigenvalue weighted by Crippen LogP contribution is 2.17. The third kappa shape index (κ3) is 2.58. The Labute approximate surface area is 79.8 Å². The predicted molar refractivity (Wildman–Crippen MR) is 55.6 cm³/mol. The van der Waals surface area contributed by atoms with Crippen LogP contribution in [0.25, 0.3) is 0 Å². The van der Waals surface area contributed by atoms with Crippen molar-refractivity contribution in [3.05, 3.63) is 19.9 Å². The Kier molecular flexibility index (Phi) is 3.70. The van der Waals surface area contributed by atoms with Gasteiger partial charge in [0, 0.05) is 13.8 Å². The number of hydrogen-bond acceptors (Lipinski definition) is 1. The molecular formula is C8H11IS. The van der Waals surface area contributed by atoms with Crippen molar-refractivity contribution in [3.63, 3.8) is 0 Å². The average Bonchev–Trinajstić information content (AvgIpc) is 2.31. The van der Waals surface area contributed by atoms with Crippen LogP contribution in [-0.4, -0.2) is 0 Å². The van der Waals surface area contributed by atoms with E-state index in [9.17, 15) is 0 Å². The normalized spacial score (nSPS) is 10.2. The van der Waals surface area contributed by atoms with Crippen LogP contribution >= 0.6 is 33.9 Å². The summed E-state index contributed by atoms with van der Waals surface area (Å²) in [6, 6.07) is 2.28. The van der Waals surface area contributed by atoms with Crippen molar-refractivity contribution in [2.24, 2.45) is 0 Å². The van der Waals surface area contributed by atoms with Crippen LogP contribution in [0.5, 0.6) is 0 Å². The highest BCUT2D eigenvalue weighted by atomic mass is 127. The molecule has 0 unspecified atom stereocenters. The van der Waals surface area contributed by atoms with E-state index in [0.717, 1.165) is 0 Å². The summed E-state index contributed by atoms with van der Waals surface area (Å²) in [5.74, 6) is 0. The highest BCUT2D eigenvalue weighted by molar-refractivity contribution is 14.1. The quantitative estimate of drug-likeness (QED) is 0.732. The maximum atomic E-state index is 2.36. The molecule has 0 atom stereocenters. The minimum absolute atomic E-state index is 1.27. The molecule has 0 saturated heterocycles. The Bertz CT molecular complexity index is 193. The maximum absolute atomic E-state index is 2.36. The summed E-state index contributed by atoms with van der Waals surface area (Å²) < 4.78 is 1.38. The first-order valence-electron chi connectivity index (χ1n) is 3.56. The summed E-state index contributed by atoms with van der Waals surface area (Å²) in [4.78, 5) is 1.53. The zero-order valence-corrected chi connectivity index (χ0v) is 9.04. The number of halogens is 1. The van der Waals surface area contributed by atoms with Gasteiger partial charge < -0.3 is 0 Å². The summed E-state index contributed by atoms with van der Waals surface area (Å²) in [6.07, 6.45) is 3.90. The van der Waals surface area contributed by atoms with Gasteiger partial charge in [-0.15, -0.1) is 11.3 Å². The molecule has 1 aromatic heterocycles. The molecule has 1 aromatic rings. The molecule has 0 spiro atoms. The number of thiophene rings is 1. The van der Waals surface area contributed by atoms with E-state index >= 15 is 0 Å². The van der Waals surface area contributed by atoms with Crippen molar-refractivity contribution >= 4 is 33.9 Å². The monoisotopic (exact) mass is 266 g/mol. The van der Waals surface area contributed by atoms with E-state index in [1.807, 2.05) is 11.3 Å². The second-order valence-corrected chi connectivity index (χ2v) is 4.58. The van der Waals surface area contributed by atoms with Crippen molar-refractivity contribution in [2.75, 3.05) is 0 Å². The average molecular weight is 266 g/mol. The number of unbranched alkanes of at least 4 members (excludes halogenated alkanes) is 1. The summed E-state index contributed by atoms with van der Waals surface area (Å²) in [5, 5.41) is 2.21. The van der Waals surface area contributed by atoms with Gasteiger partial charge in [-0.2, -0.15) is 0 Å². The SMILES string of the molecule is CCCCc1cc(I)cs1. The lowest BCUT2D eigenvalue weighted by Gasteiger charge is -1.90. The third-order valence-electron chi connectivity index (χ3n) is 1.40. The van der Waals surface area contributed by atoms with Gasteiger partial charge in [0.05, 0.1) is 0 Å². The Morgan fingerprint density at radius 3 is 2.90 bits per heavy atom. The standard InChI is InChI=1S/C8H11IS/c1-2-3-4-8-5-7(9)6-10-8/h5-6H,2-4H2,1H3. The fourth-order valence-corrected chi connectivity index (χ4v) is 2.59. The fourth-order valence-electron chi connectivity index (χ4n) is 0.836. The van der Waals surface area contributed by atoms with E-state index in [1.165, 1.54) is 27.7 Å². The van der Waals surface area contributed by atoms with E-state index in [-0.39, 0.29) is 0 Å². The van der Waals surface area contributed by atoms with E-state index in [4.69, 9.17) is 0 Å². The molecule has 0 aliphatic carbocycles. The van der Waals surface area contributed by atoms with Crippen molar-refractivity contribution in [3.8, 4) is 0 Å². The van der Waals surface area contributed by atoms with Gasteiger partial charge >= 0.3 is 0 Å². The minimum Gasteiger partial charge on any atom is -0.148 e. The Balaban J connectivity index is 2.42. The molecule has 0 aliphatic rings. The van der Waals surface area contributed by atoms with Gasteiger partial charge in [0.25, 0.3) is 0 Å². The van der Waals surface area contributed by atoms with E-state index in [1.54, 1.807) is 0 Å². The van der Waals surface area contributed by atoms with Gasteiger partial charge in [0.2, 0.25) is 0 Å². The molecule has 0 bridgehead atoms. The van der Waals surface area contributed by atoms with Crippen molar-refractivity contribution in [2.45, 2.75) is 26.2 Å². The van der Waals surface area contributed by atoms with Crippen LogP contribution < -0.4 is 0 Å². The first kappa shape index (κ1) is 8.53. The van der Waals surface area contributed by atoms with Gasteiger partial charge in [-0.25, -0.2) is 0 Å². The van der Waals surface area contributed by atoms with Gasteiger partial charge in [-0.3, -0.25) is 0 Å². The van der Waals surface area contributed by atoms with Gasteiger partial charge in [-0.1, -0.05) is 13.3 Å². The topological polar surface area (TPSA) is 0 Å². The lowest BCUT2D eigenvalue weighted by atomic mass is 10.2. The molecule has 0 nitrogen and oxygen atoms in total. The molecule has 10 heavy (non-hydrogen) atoms. The molecule has 0 amide bonds. The molecule has 0 aromatic carbocycles. The van der Waals surface area contributed by atoms with Crippen LogP contribution in [0.4, 0.5) is 0 Å². The van der Waals surface area contributed by atoms with Crippen molar-refractivity contribution in [1.29, 1.82) is 0 Å².